The molecule has 1 aromatic heterocycles. The fourth-order valence-electron chi connectivity index (χ4n) is 4.56. The lowest BCUT2D eigenvalue weighted by atomic mass is 9.77. The van der Waals surface area contributed by atoms with Crippen molar-refractivity contribution in [2.45, 2.75) is 37.5 Å². The molecule has 2 heterocycles. The number of ether oxygens (including phenoxy) is 1. The summed E-state index contributed by atoms with van der Waals surface area (Å²) in [7, 11) is 1.84. The highest BCUT2D eigenvalue weighted by molar-refractivity contribution is 7.10. The van der Waals surface area contributed by atoms with Crippen LogP contribution < -0.4 is 10.2 Å². The summed E-state index contributed by atoms with van der Waals surface area (Å²) in [6, 6.07) is 26.0. The summed E-state index contributed by atoms with van der Waals surface area (Å²) in [5.74, 6) is 0. The number of benzene rings is 2. The van der Waals surface area contributed by atoms with Gasteiger partial charge in [0.25, 0.3) is 0 Å². The van der Waals surface area contributed by atoms with Crippen molar-refractivity contribution in [3.8, 4) is 0 Å². The first-order chi connectivity index (χ1) is 13.7. The van der Waals surface area contributed by atoms with Crippen molar-refractivity contribution in [3.05, 3.63) is 83.1 Å². The van der Waals surface area contributed by atoms with Crippen LogP contribution >= 0.6 is 11.3 Å². The molecule has 3 unspecified atom stereocenters. The number of para-hydroxylation sites is 2. The number of anilines is 2. The van der Waals surface area contributed by atoms with E-state index in [1.165, 1.54) is 10.6 Å². The lowest BCUT2D eigenvalue weighted by Crippen LogP contribution is -2.56. The minimum absolute atomic E-state index is 0.0214. The maximum atomic E-state index is 6.13. The largest absolute Gasteiger partial charge is 0.376 e. The average Bonchev–Trinajstić information content (AvgIpc) is 3.24. The van der Waals surface area contributed by atoms with Gasteiger partial charge in [0.15, 0.2) is 0 Å². The van der Waals surface area contributed by atoms with Gasteiger partial charge in [-0.2, -0.15) is 0 Å². The molecule has 1 aliphatic rings. The molecule has 3 nitrogen and oxygen atoms in total. The van der Waals surface area contributed by atoms with Crippen LogP contribution in [-0.4, -0.2) is 25.2 Å². The van der Waals surface area contributed by atoms with Crippen molar-refractivity contribution in [3.63, 3.8) is 0 Å². The van der Waals surface area contributed by atoms with Gasteiger partial charge in [0.05, 0.1) is 5.54 Å². The molecule has 0 aliphatic carbocycles. The molecule has 3 atom stereocenters. The van der Waals surface area contributed by atoms with Gasteiger partial charge in [0, 0.05) is 35.9 Å². The number of methoxy groups -OCH3 is 1. The van der Waals surface area contributed by atoms with Crippen molar-refractivity contribution in [1.29, 1.82) is 0 Å². The van der Waals surface area contributed by atoms with Crippen molar-refractivity contribution < 1.29 is 4.74 Å². The number of rotatable bonds is 6. The molecule has 3 aromatic rings. The maximum absolute atomic E-state index is 6.13. The van der Waals surface area contributed by atoms with Gasteiger partial charge >= 0.3 is 0 Å². The van der Waals surface area contributed by atoms with Gasteiger partial charge in [0.1, 0.15) is 6.10 Å². The Morgan fingerprint density at radius 1 is 1.04 bits per heavy atom. The van der Waals surface area contributed by atoms with Crippen LogP contribution in [0.25, 0.3) is 0 Å². The predicted molar refractivity (Wildman–Crippen MR) is 119 cm³/mol. The summed E-state index contributed by atoms with van der Waals surface area (Å²) in [5, 5.41) is 6.03. The zero-order chi connectivity index (χ0) is 19.4. The van der Waals surface area contributed by atoms with E-state index in [4.69, 9.17) is 4.74 Å². The monoisotopic (exact) mass is 392 g/mol. The van der Waals surface area contributed by atoms with Crippen molar-refractivity contribution in [2.75, 3.05) is 23.9 Å². The van der Waals surface area contributed by atoms with Gasteiger partial charge in [-0.05, 0) is 55.5 Å². The molecule has 28 heavy (non-hydrogen) atoms. The van der Waals surface area contributed by atoms with Gasteiger partial charge < -0.3 is 15.0 Å². The third-order valence-corrected chi connectivity index (χ3v) is 6.70. The Hall–Kier alpha value is -2.30. The lowest BCUT2D eigenvalue weighted by molar-refractivity contribution is 0.0294. The van der Waals surface area contributed by atoms with E-state index in [9.17, 15) is 0 Å². The van der Waals surface area contributed by atoms with Crippen LogP contribution in [0.1, 0.15) is 30.7 Å². The molecule has 0 amide bonds. The van der Waals surface area contributed by atoms with Crippen LogP contribution in [0.15, 0.2) is 78.2 Å². The fourth-order valence-corrected chi connectivity index (χ4v) is 5.48. The second kappa shape index (κ2) is 8.38. The van der Waals surface area contributed by atoms with E-state index in [0.717, 1.165) is 25.1 Å². The van der Waals surface area contributed by atoms with E-state index in [2.05, 4.69) is 95.3 Å². The van der Waals surface area contributed by atoms with E-state index in [0.29, 0.717) is 6.04 Å². The smallest absolute Gasteiger partial charge is 0.114 e. The third-order valence-electron chi connectivity index (χ3n) is 5.78. The van der Waals surface area contributed by atoms with E-state index in [-0.39, 0.29) is 11.6 Å². The molecule has 0 spiro atoms. The highest BCUT2D eigenvalue weighted by atomic mass is 32.1. The van der Waals surface area contributed by atoms with Crippen molar-refractivity contribution >= 4 is 22.7 Å². The first-order valence-electron chi connectivity index (χ1n) is 9.93. The second-order valence-electron chi connectivity index (χ2n) is 7.61. The van der Waals surface area contributed by atoms with Gasteiger partial charge in [-0.25, -0.2) is 0 Å². The summed E-state index contributed by atoms with van der Waals surface area (Å²) >= 11 is 1.78. The minimum atomic E-state index is -0.147. The first-order valence-corrected chi connectivity index (χ1v) is 10.8. The van der Waals surface area contributed by atoms with Gasteiger partial charge in [-0.15, -0.1) is 11.3 Å². The van der Waals surface area contributed by atoms with Crippen molar-refractivity contribution in [2.24, 2.45) is 0 Å². The Morgan fingerprint density at radius 3 is 2.36 bits per heavy atom. The Kier molecular flexibility index (Phi) is 5.69. The van der Waals surface area contributed by atoms with Crippen LogP contribution in [-0.2, 0) is 4.74 Å². The summed E-state index contributed by atoms with van der Waals surface area (Å²) in [5.41, 5.74) is 2.31. The SMILES string of the molecule is COC(c1cccs1)C1(Nc2ccccc2)CCN(c2ccccc2)C(C)C1. The molecule has 1 saturated heterocycles. The van der Waals surface area contributed by atoms with Crippen LogP contribution in [0.2, 0.25) is 0 Å². The zero-order valence-electron chi connectivity index (χ0n) is 16.5. The van der Waals surface area contributed by atoms with Gasteiger partial charge in [-0.3, -0.25) is 0 Å². The van der Waals surface area contributed by atoms with Gasteiger partial charge in [-0.1, -0.05) is 42.5 Å². The average molecular weight is 393 g/mol. The number of hydrogen-bond acceptors (Lipinski definition) is 4. The zero-order valence-corrected chi connectivity index (χ0v) is 17.4. The molecular formula is C24H28N2OS. The van der Waals surface area contributed by atoms with Crippen LogP contribution in [0.5, 0.6) is 0 Å². The molecule has 0 bridgehead atoms. The standard InChI is InChI=1S/C24H28N2OS/c1-19-18-24(25-20-10-5-3-6-11-20,23(27-2)22-14-9-17-28-22)15-16-26(19)21-12-7-4-8-13-21/h3-14,17,19,23,25H,15-16,18H2,1-2H3. The van der Waals surface area contributed by atoms with E-state index in [1.54, 1.807) is 11.3 Å². The Balaban J connectivity index is 1.66. The maximum Gasteiger partial charge on any atom is 0.114 e. The predicted octanol–water partition coefficient (Wildman–Crippen LogP) is 5.98. The van der Waals surface area contributed by atoms with Crippen LogP contribution in [0, 0.1) is 0 Å². The van der Waals surface area contributed by atoms with Crippen LogP contribution in [0.3, 0.4) is 0 Å². The lowest BCUT2D eigenvalue weighted by Gasteiger charge is -2.50. The van der Waals surface area contributed by atoms with E-state index < -0.39 is 0 Å². The molecule has 1 aliphatic heterocycles. The fraction of sp³-hybridized carbons (Fsp3) is 0.333. The Labute approximate surface area is 172 Å². The molecule has 146 valence electrons. The Morgan fingerprint density at radius 2 is 1.75 bits per heavy atom. The summed E-state index contributed by atoms with van der Waals surface area (Å²) in [6.07, 6.45) is 2.04. The number of hydrogen-bond donors (Lipinski definition) is 1. The summed E-state index contributed by atoms with van der Waals surface area (Å²) in [6.45, 7) is 3.32. The normalized spacial score (nSPS) is 23.4. The number of thiophene rings is 1. The second-order valence-corrected chi connectivity index (χ2v) is 8.59. The topological polar surface area (TPSA) is 24.5 Å². The van der Waals surface area contributed by atoms with E-state index >= 15 is 0 Å². The minimum Gasteiger partial charge on any atom is -0.376 e. The quantitative estimate of drug-likeness (QED) is 0.559. The number of piperidine rings is 1. The molecule has 4 heteroatoms. The van der Waals surface area contributed by atoms with Crippen LogP contribution in [0.4, 0.5) is 11.4 Å². The third kappa shape index (κ3) is 3.80. The van der Waals surface area contributed by atoms with E-state index in [1.807, 2.05) is 7.11 Å². The molecule has 4 rings (SSSR count). The molecule has 2 aromatic carbocycles. The molecule has 0 saturated carbocycles. The first kappa shape index (κ1) is 19.0. The molecule has 1 fully saturated rings. The molecular weight excluding hydrogens is 364 g/mol. The molecule has 1 N–H and O–H groups in total. The molecule has 0 radical (unpaired) electrons. The highest BCUT2D eigenvalue weighted by Crippen LogP contribution is 2.44. The highest BCUT2D eigenvalue weighted by Gasteiger charge is 2.45. The number of nitrogens with zero attached hydrogens (tertiary/aromatic N) is 1. The van der Waals surface area contributed by atoms with Gasteiger partial charge in [0.2, 0.25) is 0 Å². The Bertz CT molecular complexity index is 853. The summed E-state index contributed by atoms with van der Waals surface area (Å²) < 4.78 is 6.13. The number of nitrogens with one attached hydrogen (secondary N) is 1. The summed E-state index contributed by atoms with van der Waals surface area (Å²) in [4.78, 5) is 3.80. The van der Waals surface area contributed by atoms with Crippen molar-refractivity contribution in [1.82, 2.24) is 0 Å².